The summed E-state index contributed by atoms with van der Waals surface area (Å²) >= 11 is 1.52. The van der Waals surface area contributed by atoms with Crippen molar-refractivity contribution >= 4 is 29.0 Å². The van der Waals surface area contributed by atoms with Crippen molar-refractivity contribution in [1.82, 2.24) is 10.6 Å². The van der Waals surface area contributed by atoms with Crippen LogP contribution in [0.3, 0.4) is 0 Å². The molecule has 3 aromatic rings. The summed E-state index contributed by atoms with van der Waals surface area (Å²) < 4.78 is 24.2. The lowest BCUT2D eigenvalue weighted by atomic mass is 10.1. The molecule has 0 saturated heterocycles. The molecule has 31 heavy (non-hydrogen) atoms. The van der Waals surface area contributed by atoms with Crippen molar-refractivity contribution in [2.75, 3.05) is 25.1 Å². The van der Waals surface area contributed by atoms with E-state index in [0.717, 1.165) is 10.4 Å². The Bertz CT molecular complexity index is 1060. The van der Waals surface area contributed by atoms with E-state index in [4.69, 9.17) is 9.47 Å². The molecule has 7 nitrogen and oxygen atoms in total. The molecule has 0 bridgehead atoms. The largest absolute Gasteiger partial charge is 0.486 e. The van der Waals surface area contributed by atoms with E-state index in [1.807, 2.05) is 17.5 Å². The molecular formula is C22H20FN3O4S. The minimum absolute atomic E-state index is 0.103. The zero-order chi connectivity index (χ0) is 21.6. The maximum Gasteiger partial charge on any atom is 0.325 e. The van der Waals surface area contributed by atoms with Crippen LogP contribution in [0.5, 0.6) is 11.5 Å². The zero-order valence-corrected chi connectivity index (χ0v) is 17.2. The summed E-state index contributed by atoms with van der Waals surface area (Å²) in [6.07, 6.45) is 0. The first-order valence-corrected chi connectivity index (χ1v) is 10.5. The van der Waals surface area contributed by atoms with Gasteiger partial charge in [-0.25, -0.2) is 9.18 Å². The topological polar surface area (TPSA) is 88.7 Å². The summed E-state index contributed by atoms with van der Waals surface area (Å²) in [7, 11) is 0. The number of nitrogens with one attached hydrogen (secondary N) is 3. The molecule has 1 aliphatic heterocycles. The molecule has 3 N–H and O–H groups in total. The van der Waals surface area contributed by atoms with Gasteiger partial charge in [0, 0.05) is 16.6 Å². The van der Waals surface area contributed by atoms with Crippen molar-refractivity contribution in [2.24, 2.45) is 0 Å². The van der Waals surface area contributed by atoms with Gasteiger partial charge in [0.2, 0.25) is 5.91 Å². The quantitative estimate of drug-likeness (QED) is 0.543. The first-order valence-electron chi connectivity index (χ1n) is 9.61. The Labute approximate surface area is 182 Å². The fourth-order valence-electron chi connectivity index (χ4n) is 3.14. The third kappa shape index (κ3) is 5.39. The smallest absolute Gasteiger partial charge is 0.325 e. The average molecular weight is 441 g/mol. The molecule has 0 fully saturated rings. The molecule has 4 rings (SSSR count). The van der Waals surface area contributed by atoms with Gasteiger partial charge in [0.15, 0.2) is 11.5 Å². The highest BCUT2D eigenvalue weighted by atomic mass is 32.1. The average Bonchev–Trinajstić information content (AvgIpc) is 3.29. The Hall–Kier alpha value is -3.43. The van der Waals surface area contributed by atoms with Gasteiger partial charge in [-0.1, -0.05) is 18.2 Å². The van der Waals surface area contributed by atoms with Gasteiger partial charge >= 0.3 is 6.03 Å². The van der Waals surface area contributed by atoms with E-state index >= 15 is 0 Å². The Morgan fingerprint density at radius 1 is 1.03 bits per heavy atom. The number of hydrogen-bond donors (Lipinski definition) is 3. The maximum absolute atomic E-state index is 13.3. The maximum atomic E-state index is 13.3. The van der Waals surface area contributed by atoms with Gasteiger partial charge in [-0.15, -0.1) is 11.3 Å². The molecule has 1 aliphatic rings. The van der Waals surface area contributed by atoms with E-state index in [2.05, 4.69) is 16.0 Å². The second kappa shape index (κ2) is 9.59. The second-order valence-electron chi connectivity index (χ2n) is 6.74. The van der Waals surface area contributed by atoms with Gasteiger partial charge in [0.25, 0.3) is 0 Å². The second-order valence-corrected chi connectivity index (χ2v) is 7.72. The Morgan fingerprint density at radius 2 is 1.81 bits per heavy atom. The van der Waals surface area contributed by atoms with Crippen molar-refractivity contribution in [3.05, 3.63) is 76.2 Å². The Morgan fingerprint density at radius 3 is 2.55 bits per heavy atom. The van der Waals surface area contributed by atoms with Crippen LogP contribution in [0.2, 0.25) is 0 Å². The van der Waals surface area contributed by atoms with E-state index in [1.165, 1.54) is 23.5 Å². The number of fused-ring (bicyclic) bond motifs is 1. The van der Waals surface area contributed by atoms with Crippen LogP contribution in [0.1, 0.15) is 16.5 Å². The van der Waals surface area contributed by atoms with Gasteiger partial charge < -0.3 is 14.8 Å². The number of ether oxygens (including phenoxy) is 2. The molecule has 0 aliphatic carbocycles. The minimum Gasteiger partial charge on any atom is -0.486 e. The molecule has 2 aromatic carbocycles. The van der Waals surface area contributed by atoms with Crippen LogP contribution in [-0.2, 0) is 4.79 Å². The highest BCUT2D eigenvalue weighted by Gasteiger charge is 2.18. The summed E-state index contributed by atoms with van der Waals surface area (Å²) in [6, 6.07) is 14.0. The predicted octanol–water partition coefficient (Wildman–Crippen LogP) is 3.69. The van der Waals surface area contributed by atoms with Crippen molar-refractivity contribution in [1.29, 1.82) is 0 Å². The molecule has 1 unspecified atom stereocenters. The number of hydrogen-bond acceptors (Lipinski definition) is 6. The fourth-order valence-corrected chi connectivity index (χ4v) is 3.97. The van der Waals surface area contributed by atoms with Gasteiger partial charge in [0.05, 0.1) is 12.6 Å². The molecule has 0 spiro atoms. The Kier molecular flexibility index (Phi) is 6.44. The standard InChI is InChI=1S/C22H20FN3O4S/c23-15-5-3-14(4-6-15)21(19-2-1-11-31-19)24-13-20(27)26-22(28)25-16-7-8-17-18(12-16)30-10-9-29-17/h1-8,11-12,21,24H,9-10,13H2,(H2,25,26,27,28). The molecule has 3 amide bonds. The van der Waals surface area contributed by atoms with Crippen LogP contribution >= 0.6 is 11.3 Å². The van der Waals surface area contributed by atoms with Crippen molar-refractivity contribution in [2.45, 2.75) is 6.04 Å². The van der Waals surface area contributed by atoms with Crippen LogP contribution in [-0.4, -0.2) is 31.7 Å². The first kappa shape index (κ1) is 20.8. The van der Waals surface area contributed by atoms with E-state index < -0.39 is 11.9 Å². The molecular weight excluding hydrogens is 421 g/mol. The number of thiophene rings is 1. The van der Waals surface area contributed by atoms with Gasteiger partial charge in [0.1, 0.15) is 19.0 Å². The SMILES string of the molecule is O=C(CNC(c1ccc(F)cc1)c1cccs1)NC(=O)Nc1ccc2c(c1)OCCO2. The monoisotopic (exact) mass is 441 g/mol. The highest BCUT2D eigenvalue weighted by molar-refractivity contribution is 7.10. The molecule has 0 radical (unpaired) electrons. The number of carbonyl (C=O) groups excluding carboxylic acids is 2. The van der Waals surface area contributed by atoms with Crippen molar-refractivity contribution in [3.8, 4) is 11.5 Å². The first-order chi connectivity index (χ1) is 15.1. The summed E-state index contributed by atoms with van der Waals surface area (Å²) in [5, 5.41) is 9.94. The lowest BCUT2D eigenvalue weighted by Gasteiger charge is -2.19. The number of halogens is 1. The van der Waals surface area contributed by atoms with E-state index in [-0.39, 0.29) is 18.4 Å². The lowest BCUT2D eigenvalue weighted by Crippen LogP contribution is -2.41. The van der Waals surface area contributed by atoms with Crippen LogP contribution in [0.15, 0.2) is 60.0 Å². The predicted molar refractivity (Wildman–Crippen MR) is 115 cm³/mol. The number of benzene rings is 2. The van der Waals surface area contributed by atoms with E-state index in [1.54, 1.807) is 30.3 Å². The molecule has 160 valence electrons. The minimum atomic E-state index is -0.655. The third-order valence-corrected chi connectivity index (χ3v) is 5.49. The van der Waals surface area contributed by atoms with Gasteiger partial charge in [-0.3, -0.25) is 15.4 Å². The van der Waals surface area contributed by atoms with E-state index in [0.29, 0.717) is 30.4 Å². The summed E-state index contributed by atoms with van der Waals surface area (Å²) in [6.45, 7) is 0.812. The highest BCUT2D eigenvalue weighted by Crippen LogP contribution is 2.32. The summed E-state index contributed by atoms with van der Waals surface area (Å²) in [5.41, 5.74) is 1.29. The number of urea groups is 1. The van der Waals surface area contributed by atoms with E-state index in [9.17, 15) is 14.0 Å². The molecule has 9 heteroatoms. The van der Waals surface area contributed by atoms with Crippen molar-refractivity contribution < 1.29 is 23.5 Å². The van der Waals surface area contributed by atoms with Crippen molar-refractivity contribution in [3.63, 3.8) is 0 Å². The van der Waals surface area contributed by atoms with Gasteiger partial charge in [-0.05, 0) is 41.3 Å². The third-order valence-electron chi connectivity index (χ3n) is 4.55. The zero-order valence-electron chi connectivity index (χ0n) is 16.4. The molecule has 2 heterocycles. The number of imide groups is 1. The summed E-state index contributed by atoms with van der Waals surface area (Å²) in [5.74, 6) is 0.314. The van der Waals surface area contributed by atoms with Gasteiger partial charge in [-0.2, -0.15) is 0 Å². The fraction of sp³-hybridized carbons (Fsp3) is 0.182. The summed E-state index contributed by atoms with van der Waals surface area (Å²) in [4.78, 5) is 25.5. The van der Waals surface area contributed by atoms with Crippen LogP contribution in [0.4, 0.5) is 14.9 Å². The van der Waals surface area contributed by atoms with Crippen LogP contribution < -0.4 is 25.4 Å². The number of carbonyl (C=O) groups is 2. The number of rotatable bonds is 6. The lowest BCUT2D eigenvalue weighted by molar-refractivity contribution is -0.119. The number of anilines is 1. The van der Waals surface area contributed by atoms with Crippen LogP contribution in [0.25, 0.3) is 0 Å². The Balaban J connectivity index is 1.34. The molecule has 1 aromatic heterocycles. The number of amides is 3. The van der Waals surface area contributed by atoms with Crippen LogP contribution in [0, 0.1) is 5.82 Å². The molecule has 1 atom stereocenters. The normalized spacial score (nSPS) is 13.3. The molecule has 0 saturated carbocycles.